The summed E-state index contributed by atoms with van der Waals surface area (Å²) in [5.41, 5.74) is -0.110. The molecule has 1 N–H and O–H groups in total. The number of nitrogens with zero attached hydrogens (tertiary/aromatic N) is 1. The van der Waals surface area contributed by atoms with Crippen LogP contribution < -0.4 is 5.32 Å². The van der Waals surface area contributed by atoms with Crippen LogP contribution in [0.25, 0.3) is 0 Å². The molecule has 2 fully saturated rings. The summed E-state index contributed by atoms with van der Waals surface area (Å²) < 4.78 is 0. The van der Waals surface area contributed by atoms with Gasteiger partial charge < -0.3 is 4.90 Å². The second kappa shape index (κ2) is 3.54. The number of carbonyl (C=O) groups is 1. The Kier molecular flexibility index (Phi) is 2.52. The molecule has 3 nitrogen and oxygen atoms in total. The zero-order valence-corrected chi connectivity index (χ0v) is 9.18. The van der Waals surface area contributed by atoms with Crippen molar-refractivity contribution in [1.29, 1.82) is 0 Å². The molecule has 1 aliphatic carbocycles. The second-order valence-corrected chi connectivity index (χ2v) is 4.54. The summed E-state index contributed by atoms with van der Waals surface area (Å²) >= 11 is 0. The maximum absolute atomic E-state index is 12.0. The zero-order valence-electron chi connectivity index (χ0n) is 9.18. The number of rotatable bonds is 4. The maximum Gasteiger partial charge on any atom is 0.244 e. The van der Waals surface area contributed by atoms with E-state index in [2.05, 4.69) is 24.1 Å². The van der Waals surface area contributed by atoms with E-state index in [9.17, 15) is 4.79 Å². The molecule has 1 unspecified atom stereocenters. The Bertz CT molecular complexity index is 235. The molecule has 0 aromatic heterocycles. The van der Waals surface area contributed by atoms with Gasteiger partial charge in [-0.25, -0.2) is 0 Å². The Morgan fingerprint density at radius 3 is 2.64 bits per heavy atom. The molecule has 0 aromatic rings. The highest BCUT2D eigenvalue weighted by Crippen LogP contribution is 2.41. The summed E-state index contributed by atoms with van der Waals surface area (Å²) in [6.45, 7) is 5.13. The van der Waals surface area contributed by atoms with Crippen molar-refractivity contribution in [2.75, 3.05) is 6.67 Å². The highest BCUT2D eigenvalue weighted by atomic mass is 16.2. The lowest BCUT2D eigenvalue weighted by molar-refractivity contribution is -0.131. The van der Waals surface area contributed by atoms with Crippen molar-refractivity contribution in [3.8, 4) is 0 Å². The SMILES string of the molecule is CCCC(CC)N1CNC2(CC2)C1=O. The molecule has 0 aromatic carbocycles. The number of carbonyl (C=O) groups excluding carboxylic acids is 1. The fraction of sp³-hybridized carbons (Fsp3) is 0.909. The molecule has 80 valence electrons. The van der Waals surface area contributed by atoms with Gasteiger partial charge in [0.25, 0.3) is 0 Å². The first kappa shape index (κ1) is 9.97. The number of hydrogen-bond donors (Lipinski definition) is 1. The third-order valence-corrected chi connectivity index (χ3v) is 3.54. The van der Waals surface area contributed by atoms with Crippen LogP contribution in [0.5, 0.6) is 0 Å². The Hall–Kier alpha value is -0.570. The first-order chi connectivity index (χ1) is 6.73. The largest absolute Gasteiger partial charge is 0.325 e. The van der Waals surface area contributed by atoms with Gasteiger partial charge >= 0.3 is 0 Å². The molecule has 1 heterocycles. The molecule has 1 saturated carbocycles. The lowest BCUT2D eigenvalue weighted by Gasteiger charge is -2.26. The molecule has 2 rings (SSSR count). The monoisotopic (exact) mass is 196 g/mol. The van der Waals surface area contributed by atoms with E-state index >= 15 is 0 Å². The average molecular weight is 196 g/mol. The summed E-state index contributed by atoms with van der Waals surface area (Å²) in [6, 6.07) is 0.458. The van der Waals surface area contributed by atoms with Crippen molar-refractivity contribution in [3.63, 3.8) is 0 Å². The maximum atomic E-state index is 12.0. The van der Waals surface area contributed by atoms with Crippen LogP contribution in [0, 0.1) is 0 Å². The van der Waals surface area contributed by atoms with E-state index in [-0.39, 0.29) is 5.54 Å². The molecule has 1 spiro atoms. The predicted octanol–water partition coefficient (Wildman–Crippen LogP) is 1.49. The van der Waals surface area contributed by atoms with Crippen LogP contribution >= 0.6 is 0 Å². The lowest BCUT2D eigenvalue weighted by Crippen LogP contribution is -2.38. The van der Waals surface area contributed by atoms with Crippen LogP contribution in [-0.4, -0.2) is 29.1 Å². The van der Waals surface area contributed by atoms with E-state index in [4.69, 9.17) is 0 Å². The smallest absolute Gasteiger partial charge is 0.244 e. The summed E-state index contributed by atoms with van der Waals surface area (Å²) in [6.07, 6.45) is 5.47. The standard InChI is InChI=1S/C11H20N2O/c1-3-5-9(4-2)13-8-12-11(6-7-11)10(13)14/h9,12H,3-8H2,1-2H3. The van der Waals surface area contributed by atoms with Gasteiger partial charge in [0.2, 0.25) is 5.91 Å². The van der Waals surface area contributed by atoms with Crippen LogP contribution in [0.1, 0.15) is 46.0 Å². The number of hydrogen-bond acceptors (Lipinski definition) is 2. The summed E-state index contributed by atoms with van der Waals surface area (Å²) in [4.78, 5) is 14.1. The van der Waals surface area contributed by atoms with E-state index in [1.165, 1.54) is 0 Å². The Morgan fingerprint density at radius 1 is 1.50 bits per heavy atom. The minimum atomic E-state index is -0.110. The first-order valence-electron chi connectivity index (χ1n) is 5.79. The molecule has 1 amide bonds. The van der Waals surface area contributed by atoms with Crippen LogP contribution in [-0.2, 0) is 4.79 Å². The molecule has 1 saturated heterocycles. The average Bonchev–Trinajstić information content (AvgIpc) is 2.90. The molecule has 3 heteroatoms. The fourth-order valence-corrected chi connectivity index (χ4v) is 2.38. The van der Waals surface area contributed by atoms with Gasteiger partial charge in [-0.2, -0.15) is 0 Å². The van der Waals surface area contributed by atoms with Gasteiger partial charge in [-0.1, -0.05) is 20.3 Å². The highest BCUT2D eigenvalue weighted by molar-refractivity contribution is 5.91. The van der Waals surface area contributed by atoms with Crippen LogP contribution in [0.4, 0.5) is 0 Å². The van der Waals surface area contributed by atoms with Gasteiger partial charge in [0.05, 0.1) is 12.2 Å². The van der Waals surface area contributed by atoms with E-state index in [1.54, 1.807) is 0 Å². The van der Waals surface area contributed by atoms with Crippen molar-refractivity contribution in [2.24, 2.45) is 0 Å². The van der Waals surface area contributed by atoms with Gasteiger partial charge in [0.1, 0.15) is 0 Å². The number of amides is 1. The molecule has 1 aliphatic heterocycles. The molecule has 0 radical (unpaired) electrons. The summed E-state index contributed by atoms with van der Waals surface area (Å²) in [7, 11) is 0. The quantitative estimate of drug-likeness (QED) is 0.738. The van der Waals surface area contributed by atoms with E-state index in [0.717, 1.165) is 38.8 Å². The Balaban J connectivity index is 2.00. The van der Waals surface area contributed by atoms with E-state index in [0.29, 0.717) is 11.9 Å². The van der Waals surface area contributed by atoms with Crippen molar-refractivity contribution in [1.82, 2.24) is 10.2 Å². The van der Waals surface area contributed by atoms with Crippen LogP contribution in [0.2, 0.25) is 0 Å². The number of nitrogens with one attached hydrogen (secondary N) is 1. The van der Waals surface area contributed by atoms with Crippen LogP contribution in [0.3, 0.4) is 0 Å². The highest BCUT2D eigenvalue weighted by Gasteiger charge is 2.56. The normalized spacial score (nSPS) is 25.9. The van der Waals surface area contributed by atoms with Crippen molar-refractivity contribution in [3.05, 3.63) is 0 Å². The molecule has 14 heavy (non-hydrogen) atoms. The third-order valence-electron chi connectivity index (χ3n) is 3.54. The molecular formula is C11H20N2O. The Morgan fingerprint density at radius 2 is 2.21 bits per heavy atom. The predicted molar refractivity (Wildman–Crippen MR) is 55.8 cm³/mol. The summed E-state index contributed by atoms with van der Waals surface area (Å²) in [5.74, 6) is 0.359. The van der Waals surface area contributed by atoms with Gasteiger partial charge in [-0.15, -0.1) is 0 Å². The van der Waals surface area contributed by atoms with Crippen molar-refractivity contribution >= 4 is 5.91 Å². The second-order valence-electron chi connectivity index (χ2n) is 4.54. The van der Waals surface area contributed by atoms with Crippen molar-refractivity contribution < 1.29 is 4.79 Å². The first-order valence-corrected chi connectivity index (χ1v) is 5.79. The van der Waals surface area contributed by atoms with Gasteiger partial charge in [-0.05, 0) is 25.7 Å². The third kappa shape index (κ3) is 1.44. The van der Waals surface area contributed by atoms with Gasteiger partial charge in [0.15, 0.2) is 0 Å². The van der Waals surface area contributed by atoms with Gasteiger partial charge in [0, 0.05) is 6.04 Å². The zero-order chi connectivity index (χ0) is 10.2. The van der Waals surface area contributed by atoms with Crippen molar-refractivity contribution in [2.45, 2.75) is 57.5 Å². The molecule has 0 bridgehead atoms. The minimum Gasteiger partial charge on any atom is -0.325 e. The molecular weight excluding hydrogens is 176 g/mol. The lowest BCUT2D eigenvalue weighted by atomic mass is 10.1. The Labute approximate surface area is 85.8 Å². The van der Waals surface area contributed by atoms with E-state index < -0.39 is 0 Å². The summed E-state index contributed by atoms with van der Waals surface area (Å²) in [5, 5.41) is 3.36. The van der Waals surface area contributed by atoms with Crippen LogP contribution in [0.15, 0.2) is 0 Å². The van der Waals surface area contributed by atoms with E-state index in [1.807, 2.05) is 0 Å². The van der Waals surface area contributed by atoms with Gasteiger partial charge in [-0.3, -0.25) is 10.1 Å². The minimum absolute atomic E-state index is 0.110. The topological polar surface area (TPSA) is 32.3 Å². The molecule has 2 aliphatic rings. The molecule has 1 atom stereocenters. The fourth-order valence-electron chi connectivity index (χ4n) is 2.38.